The van der Waals surface area contributed by atoms with Crippen LogP contribution in [0.3, 0.4) is 0 Å². The van der Waals surface area contributed by atoms with E-state index in [9.17, 15) is 4.79 Å². The number of nitrogens with zero attached hydrogens (tertiary/aromatic N) is 2. The third-order valence-corrected chi connectivity index (χ3v) is 3.15. The van der Waals surface area contributed by atoms with E-state index in [-0.39, 0.29) is 12.0 Å². The molecule has 0 fully saturated rings. The largest absolute Gasteiger partial charge is 0.399 e. The van der Waals surface area contributed by atoms with Crippen molar-refractivity contribution in [3.63, 3.8) is 0 Å². The number of imidazole rings is 1. The Hall–Kier alpha value is -2.08. The lowest BCUT2D eigenvalue weighted by Crippen LogP contribution is -2.23. The van der Waals surface area contributed by atoms with Crippen molar-refractivity contribution in [2.45, 2.75) is 32.7 Å². The Morgan fingerprint density at radius 3 is 2.71 bits per heavy atom. The maximum atomic E-state index is 10.7. The Balaban J connectivity index is 2.32. The highest BCUT2D eigenvalue weighted by Gasteiger charge is 2.22. The molecule has 1 amide bonds. The second-order valence-corrected chi connectivity index (χ2v) is 6.10. The van der Waals surface area contributed by atoms with Gasteiger partial charge in [-0.3, -0.25) is 4.79 Å². The first-order chi connectivity index (χ1) is 9.79. The third kappa shape index (κ3) is 3.52. The number of rotatable bonds is 5. The van der Waals surface area contributed by atoms with Gasteiger partial charge in [-0.25, -0.2) is 4.98 Å². The number of anilines is 1. The van der Waals surface area contributed by atoms with Crippen LogP contribution in [0.5, 0.6) is 0 Å². The molecule has 0 aliphatic carbocycles. The third-order valence-electron chi connectivity index (χ3n) is 3.15. The lowest BCUT2D eigenvalue weighted by atomic mass is 9.95. The van der Waals surface area contributed by atoms with Crippen LogP contribution in [-0.4, -0.2) is 28.7 Å². The number of aromatic nitrogens is 2. The van der Waals surface area contributed by atoms with Gasteiger partial charge in [-0.15, -0.1) is 0 Å². The van der Waals surface area contributed by atoms with Crippen LogP contribution < -0.4 is 11.5 Å². The van der Waals surface area contributed by atoms with E-state index in [1.165, 1.54) is 0 Å². The molecule has 1 aromatic heterocycles. The van der Waals surface area contributed by atoms with Gasteiger partial charge in [0.2, 0.25) is 5.91 Å². The van der Waals surface area contributed by atoms with Gasteiger partial charge in [0, 0.05) is 17.6 Å². The Labute approximate surface area is 124 Å². The van der Waals surface area contributed by atoms with Gasteiger partial charge in [0.25, 0.3) is 0 Å². The molecule has 0 aliphatic heterocycles. The number of primary amides is 1. The van der Waals surface area contributed by atoms with Gasteiger partial charge in [-0.2, -0.15) is 0 Å². The number of nitrogens with two attached hydrogens (primary N) is 2. The zero-order valence-corrected chi connectivity index (χ0v) is 12.7. The maximum Gasteiger partial charge on any atom is 0.243 e. The molecule has 0 unspecified atom stereocenters. The SMILES string of the molecule is CC(C)(C)c1nc2cc(N)ccc2n1CCOCC(N)=O. The van der Waals surface area contributed by atoms with Gasteiger partial charge >= 0.3 is 0 Å². The lowest BCUT2D eigenvalue weighted by Gasteiger charge is -2.20. The van der Waals surface area contributed by atoms with Crippen molar-refractivity contribution >= 4 is 22.6 Å². The molecule has 0 saturated heterocycles. The summed E-state index contributed by atoms with van der Waals surface area (Å²) in [5.41, 5.74) is 13.4. The predicted molar refractivity (Wildman–Crippen MR) is 82.9 cm³/mol. The molecular formula is C15H22N4O2. The molecule has 1 aromatic carbocycles. The van der Waals surface area contributed by atoms with Crippen LogP contribution >= 0.6 is 0 Å². The molecule has 0 atom stereocenters. The van der Waals surface area contributed by atoms with E-state index in [0.717, 1.165) is 16.9 Å². The molecule has 2 aromatic rings. The zero-order valence-electron chi connectivity index (χ0n) is 12.7. The molecule has 0 bridgehead atoms. The minimum absolute atomic E-state index is 0.0651. The highest BCUT2D eigenvalue weighted by atomic mass is 16.5. The van der Waals surface area contributed by atoms with Crippen LogP contribution in [0, 0.1) is 0 Å². The molecule has 0 saturated carbocycles. The van der Waals surface area contributed by atoms with Crippen LogP contribution in [0.25, 0.3) is 11.0 Å². The molecule has 0 aliphatic rings. The van der Waals surface area contributed by atoms with E-state index in [4.69, 9.17) is 21.2 Å². The first-order valence-corrected chi connectivity index (χ1v) is 6.91. The Bertz CT molecular complexity index is 655. The van der Waals surface area contributed by atoms with Crippen molar-refractivity contribution in [1.29, 1.82) is 0 Å². The summed E-state index contributed by atoms with van der Waals surface area (Å²) < 4.78 is 7.37. The quantitative estimate of drug-likeness (QED) is 0.643. The molecule has 6 heteroatoms. The first kappa shape index (κ1) is 15.3. The zero-order chi connectivity index (χ0) is 15.6. The number of hydrogen-bond acceptors (Lipinski definition) is 4. The van der Waals surface area contributed by atoms with E-state index in [0.29, 0.717) is 18.8 Å². The van der Waals surface area contributed by atoms with Crippen molar-refractivity contribution in [2.75, 3.05) is 18.9 Å². The van der Waals surface area contributed by atoms with Crippen LogP contribution in [0.4, 0.5) is 5.69 Å². The summed E-state index contributed by atoms with van der Waals surface area (Å²) in [7, 11) is 0. The second-order valence-electron chi connectivity index (χ2n) is 6.10. The van der Waals surface area contributed by atoms with E-state index >= 15 is 0 Å². The average Bonchev–Trinajstić information content (AvgIpc) is 2.72. The average molecular weight is 290 g/mol. The number of nitrogen functional groups attached to an aromatic ring is 1. The molecule has 6 nitrogen and oxygen atoms in total. The summed E-state index contributed by atoms with van der Waals surface area (Å²) in [5.74, 6) is 0.500. The van der Waals surface area contributed by atoms with Crippen molar-refractivity contribution in [2.24, 2.45) is 5.73 Å². The van der Waals surface area contributed by atoms with Crippen LogP contribution in [-0.2, 0) is 21.5 Å². The normalized spacial score (nSPS) is 12.0. The smallest absolute Gasteiger partial charge is 0.243 e. The van der Waals surface area contributed by atoms with Gasteiger partial charge in [0.1, 0.15) is 12.4 Å². The Kier molecular flexibility index (Phi) is 4.18. The van der Waals surface area contributed by atoms with Gasteiger partial charge < -0.3 is 20.8 Å². The van der Waals surface area contributed by atoms with Crippen LogP contribution in [0.1, 0.15) is 26.6 Å². The number of benzene rings is 1. The highest BCUT2D eigenvalue weighted by molar-refractivity contribution is 5.80. The van der Waals surface area contributed by atoms with E-state index in [1.54, 1.807) is 0 Å². The van der Waals surface area contributed by atoms with E-state index < -0.39 is 5.91 Å². The van der Waals surface area contributed by atoms with Crippen LogP contribution in [0.2, 0.25) is 0 Å². The molecule has 21 heavy (non-hydrogen) atoms. The molecule has 2 rings (SSSR count). The number of carbonyl (C=O) groups excluding carboxylic acids is 1. The monoisotopic (exact) mass is 290 g/mol. The van der Waals surface area contributed by atoms with Gasteiger partial charge in [0.15, 0.2) is 0 Å². The predicted octanol–water partition coefficient (Wildman–Crippen LogP) is 1.42. The standard InChI is InChI=1S/C15H22N4O2/c1-15(2,3)14-18-11-8-10(16)4-5-12(11)19(14)6-7-21-9-13(17)20/h4-5,8H,6-7,9,16H2,1-3H3,(H2,17,20). The summed E-state index contributed by atoms with van der Waals surface area (Å²) in [6.07, 6.45) is 0. The summed E-state index contributed by atoms with van der Waals surface area (Å²) in [6, 6.07) is 5.68. The summed E-state index contributed by atoms with van der Waals surface area (Å²) in [5, 5.41) is 0. The Morgan fingerprint density at radius 2 is 2.10 bits per heavy atom. The lowest BCUT2D eigenvalue weighted by molar-refractivity contribution is -0.122. The highest BCUT2D eigenvalue weighted by Crippen LogP contribution is 2.27. The van der Waals surface area contributed by atoms with Crippen molar-refractivity contribution in [1.82, 2.24) is 9.55 Å². The van der Waals surface area contributed by atoms with Crippen molar-refractivity contribution in [3.8, 4) is 0 Å². The van der Waals surface area contributed by atoms with Crippen molar-refractivity contribution in [3.05, 3.63) is 24.0 Å². The fourth-order valence-corrected chi connectivity index (χ4v) is 2.27. The minimum atomic E-state index is -0.464. The van der Waals surface area contributed by atoms with Crippen molar-refractivity contribution < 1.29 is 9.53 Å². The molecule has 0 radical (unpaired) electrons. The first-order valence-electron chi connectivity index (χ1n) is 6.91. The molecule has 4 N–H and O–H groups in total. The summed E-state index contributed by atoms with van der Waals surface area (Å²) in [6.45, 7) is 7.28. The number of ether oxygens (including phenoxy) is 1. The summed E-state index contributed by atoms with van der Waals surface area (Å²) >= 11 is 0. The molecule has 1 heterocycles. The number of fused-ring (bicyclic) bond motifs is 1. The van der Waals surface area contributed by atoms with E-state index in [1.807, 2.05) is 18.2 Å². The minimum Gasteiger partial charge on any atom is -0.399 e. The summed E-state index contributed by atoms with van der Waals surface area (Å²) in [4.78, 5) is 15.4. The second kappa shape index (κ2) is 5.73. The van der Waals surface area contributed by atoms with Crippen LogP contribution in [0.15, 0.2) is 18.2 Å². The number of hydrogen-bond donors (Lipinski definition) is 2. The number of amides is 1. The van der Waals surface area contributed by atoms with Gasteiger partial charge in [-0.1, -0.05) is 20.8 Å². The van der Waals surface area contributed by atoms with Gasteiger partial charge in [-0.05, 0) is 18.2 Å². The fourth-order valence-electron chi connectivity index (χ4n) is 2.27. The molecule has 0 spiro atoms. The fraction of sp³-hybridized carbons (Fsp3) is 0.467. The molecular weight excluding hydrogens is 268 g/mol. The molecule has 114 valence electrons. The number of carbonyl (C=O) groups is 1. The topological polar surface area (TPSA) is 96.2 Å². The van der Waals surface area contributed by atoms with Gasteiger partial charge in [0.05, 0.1) is 17.6 Å². The van der Waals surface area contributed by atoms with E-state index in [2.05, 4.69) is 25.3 Å². The Morgan fingerprint density at radius 1 is 1.38 bits per heavy atom. The maximum absolute atomic E-state index is 10.7.